The second kappa shape index (κ2) is 8.18. The van der Waals surface area contributed by atoms with Crippen molar-refractivity contribution >= 4 is 11.6 Å². The van der Waals surface area contributed by atoms with Crippen LogP contribution in [0.15, 0.2) is 48.5 Å². The molecule has 0 aromatic heterocycles. The van der Waals surface area contributed by atoms with Gasteiger partial charge in [-0.05, 0) is 48.7 Å². The summed E-state index contributed by atoms with van der Waals surface area (Å²) in [5, 5.41) is 14.2. The van der Waals surface area contributed by atoms with E-state index in [0.717, 1.165) is 17.7 Å². The van der Waals surface area contributed by atoms with Gasteiger partial charge in [0.05, 0.1) is 13.2 Å². The van der Waals surface area contributed by atoms with Crippen molar-refractivity contribution in [3.63, 3.8) is 0 Å². The fourth-order valence-corrected chi connectivity index (χ4v) is 2.53. The van der Waals surface area contributed by atoms with E-state index in [0.29, 0.717) is 11.6 Å². The molecule has 3 nitrogen and oxygen atoms in total. The molecule has 2 N–H and O–H groups in total. The van der Waals surface area contributed by atoms with E-state index in [4.69, 9.17) is 16.3 Å². The monoisotopic (exact) mass is 319 g/mol. The molecule has 2 aromatic rings. The Labute approximate surface area is 136 Å². The molecule has 0 aliphatic carbocycles. The van der Waals surface area contributed by atoms with Crippen LogP contribution in [0.5, 0.6) is 5.75 Å². The number of halogens is 1. The van der Waals surface area contributed by atoms with Crippen LogP contribution in [0.3, 0.4) is 0 Å². The summed E-state index contributed by atoms with van der Waals surface area (Å²) in [6, 6.07) is 15.6. The Balaban J connectivity index is 1.82. The van der Waals surface area contributed by atoms with E-state index >= 15 is 0 Å². The van der Waals surface area contributed by atoms with Gasteiger partial charge in [0.15, 0.2) is 0 Å². The topological polar surface area (TPSA) is 41.5 Å². The van der Waals surface area contributed by atoms with Gasteiger partial charge < -0.3 is 15.2 Å². The van der Waals surface area contributed by atoms with Crippen LogP contribution in [0.25, 0.3) is 0 Å². The summed E-state index contributed by atoms with van der Waals surface area (Å²) in [4.78, 5) is 0. The molecule has 0 saturated carbocycles. The number of benzene rings is 2. The van der Waals surface area contributed by atoms with Crippen molar-refractivity contribution in [3.8, 4) is 5.75 Å². The van der Waals surface area contributed by atoms with Crippen molar-refractivity contribution < 1.29 is 9.84 Å². The molecule has 22 heavy (non-hydrogen) atoms. The lowest BCUT2D eigenvalue weighted by Gasteiger charge is -2.18. The molecule has 2 aromatic carbocycles. The van der Waals surface area contributed by atoms with Crippen molar-refractivity contribution in [1.82, 2.24) is 5.32 Å². The molecule has 118 valence electrons. The molecule has 0 spiro atoms. The molecule has 0 fully saturated rings. The van der Waals surface area contributed by atoms with Crippen LogP contribution < -0.4 is 10.1 Å². The smallest absolute Gasteiger partial charge is 0.118 e. The highest BCUT2D eigenvalue weighted by Crippen LogP contribution is 2.17. The van der Waals surface area contributed by atoms with Gasteiger partial charge in [-0.2, -0.15) is 0 Å². The quantitative estimate of drug-likeness (QED) is 0.819. The second-order valence-corrected chi connectivity index (χ2v) is 5.87. The Kier molecular flexibility index (Phi) is 6.25. The Hall–Kier alpha value is -1.55. The number of hydrogen-bond donors (Lipinski definition) is 2. The van der Waals surface area contributed by atoms with Crippen LogP contribution in [-0.2, 0) is 6.42 Å². The van der Waals surface area contributed by atoms with Gasteiger partial charge in [0.2, 0.25) is 0 Å². The van der Waals surface area contributed by atoms with Crippen molar-refractivity contribution in [1.29, 1.82) is 0 Å². The molecule has 0 unspecified atom stereocenters. The fraction of sp³-hybridized carbons (Fsp3) is 0.333. The van der Waals surface area contributed by atoms with E-state index in [1.54, 1.807) is 19.2 Å². The molecule has 0 heterocycles. The first-order valence-electron chi connectivity index (χ1n) is 7.38. The maximum Gasteiger partial charge on any atom is 0.118 e. The molecular formula is C18H22ClNO2. The standard InChI is InChI=1S/C18H22ClNO2/c1-13(10-14-6-8-17(22-2)9-7-14)20-12-18(21)15-4-3-5-16(19)11-15/h3-9,11,13,18,20-21H,10,12H2,1-2H3/t13-,18+/m1/s1. The summed E-state index contributed by atoms with van der Waals surface area (Å²) in [5.41, 5.74) is 2.06. The van der Waals surface area contributed by atoms with E-state index in [1.165, 1.54) is 5.56 Å². The molecule has 0 aliphatic rings. The number of aliphatic hydroxyl groups is 1. The highest BCUT2D eigenvalue weighted by molar-refractivity contribution is 6.30. The minimum atomic E-state index is -0.558. The lowest BCUT2D eigenvalue weighted by molar-refractivity contribution is 0.170. The highest BCUT2D eigenvalue weighted by Gasteiger charge is 2.10. The maximum atomic E-state index is 10.2. The fourth-order valence-electron chi connectivity index (χ4n) is 2.33. The lowest BCUT2D eigenvalue weighted by atomic mass is 10.1. The number of ether oxygens (including phenoxy) is 1. The molecule has 4 heteroatoms. The zero-order valence-electron chi connectivity index (χ0n) is 12.9. The number of hydrogen-bond acceptors (Lipinski definition) is 3. The Bertz CT molecular complexity index is 586. The third-order valence-corrected chi connectivity index (χ3v) is 3.83. The largest absolute Gasteiger partial charge is 0.497 e. The first kappa shape index (κ1) is 16.8. The zero-order chi connectivity index (χ0) is 15.9. The Morgan fingerprint density at radius 1 is 1.18 bits per heavy atom. The molecule has 0 amide bonds. The Morgan fingerprint density at radius 3 is 2.55 bits per heavy atom. The van der Waals surface area contributed by atoms with Crippen LogP contribution in [0.4, 0.5) is 0 Å². The predicted octanol–water partition coefficient (Wildman–Crippen LogP) is 3.60. The number of nitrogens with one attached hydrogen (secondary N) is 1. The number of methoxy groups -OCH3 is 1. The molecule has 2 rings (SSSR count). The summed E-state index contributed by atoms with van der Waals surface area (Å²) in [6.45, 7) is 2.60. The van der Waals surface area contributed by atoms with Crippen LogP contribution in [-0.4, -0.2) is 24.8 Å². The molecule has 0 bridgehead atoms. The average Bonchev–Trinajstić information content (AvgIpc) is 2.53. The number of rotatable bonds is 7. The summed E-state index contributed by atoms with van der Waals surface area (Å²) < 4.78 is 5.15. The average molecular weight is 320 g/mol. The van der Waals surface area contributed by atoms with Gasteiger partial charge in [0.25, 0.3) is 0 Å². The van der Waals surface area contributed by atoms with Crippen molar-refractivity contribution in [2.45, 2.75) is 25.5 Å². The van der Waals surface area contributed by atoms with Gasteiger partial charge >= 0.3 is 0 Å². The van der Waals surface area contributed by atoms with Crippen molar-refractivity contribution in [3.05, 3.63) is 64.7 Å². The van der Waals surface area contributed by atoms with Crippen LogP contribution in [0, 0.1) is 0 Å². The minimum absolute atomic E-state index is 0.266. The van der Waals surface area contributed by atoms with E-state index in [2.05, 4.69) is 24.4 Å². The van der Waals surface area contributed by atoms with Crippen LogP contribution in [0.2, 0.25) is 5.02 Å². The van der Waals surface area contributed by atoms with E-state index in [1.807, 2.05) is 24.3 Å². The van der Waals surface area contributed by atoms with Gasteiger partial charge in [0, 0.05) is 17.6 Å². The molecular weight excluding hydrogens is 298 g/mol. The maximum absolute atomic E-state index is 10.2. The SMILES string of the molecule is COc1ccc(C[C@@H](C)NC[C@H](O)c2cccc(Cl)c2)cc1. The summed E-state index contributed by atoms with van der Waals surface area (Å²) >= 11 is 5.94. The van der Waals surface area contributed by atoms with Crippen LogP contribution >= 0.6 is 11.6 Å². The summed E-state index contributed by atoms with van der Waals surface area (Å²) in [6.07, 6.45) is 0.337. The molecule has 0 radical (unpaired) electrons. The normalized spacial score (nSPS) is 13.6. The first-order chi connectivity index (χ1) is 10.6. The Morgan fingerprint density at radius 2 is 1.91 bits per heavy atom. The molecule has 0 aliphatic heterocycles. The third-order valence-electron chi connectivity index (χ3n) is 3.59. The van der Waals surface area contributed by atoms with E-state index in [-0.39, 0.29) is 6.04 Å². The molecule has 2 atom stereocenters. The summed E-state index contributed by atoms with van der Waals surface area (Å²) in [5.74, 6) is 0.862. The van der Waals surface area contributed by atoms with Gasteiger partial charge in [-0.15, -0.1) is 0 Å². The summed E-state index contributed by atoms with van der Waals surface area (Å²) in [7, 11) is 1.66. The third kappa shape index (κ3) is 5.02. The number of aliphatic hydroxyl groups excluding tert-OH is 1. The van der Waals surface area contributed by atoms with E-state index < -0.39 is 6.10 Å². The van der Waals surface area contributed by atoms with E-state index in [9.17, 15) is 5.11 Å². The lowest BCUT2D eigenvalue weighted by Crippen LogP contribution is -2.32. The highest BCUT2D eigenvalue weighted by atomic mass is 35.5. The second-order valence-electron chi connectivity index (χ2n) is 5.43. The zero-order valence-corrected chi connectivity index (χ0v) is 13.7. The van der Waals surface area contributed by atoms with Gasteiger partial charge in [-0.3, -0.25) is 0 Å². The van der Waals surface area contributed by atoms with Gasteiger partial charge in [-0.25, -0.2) is 0 Å². The first-order valence-corrected chi connectivity index (χ1v) is 7.76. The minimum Gasteiger partial charge on any atom is -0.497 e. The van der Waals surface area contributed by atoms with Crippen molar-refractivity contribution in [2.75, 3.05) is 13.7 Å². The van der Waals surface area contributed by atoms with Gasteiger partial charge in [-0.1, -0.05) is 35.9 Å². The van der Waals surface area contributed by atoms with Crippen molar-refractivity contribution in [2.24, 2.45) is 0 Å². The van der Waals surface area contributed by atoms with Crippen LogP contribution in [0.1, 0.15) is 24.2 Å². The predicted molar refractivity (Wildman–Crippen MR) is 90.6 cm³/mol. The molecule has 0 saturated heterocycles. The van der Waals surface area contributed by atoms with Gasteiger partial charge in [0.1, 0.15) is 5.75 Å².